The Labute approximate surface area is 214 Å². The lowest BCUT2D eigenvalue weighted by Gasteiger charge is -2.44. The molecule has 0 aromatic heterocycles. The maximum Gasteiger partial charge on any atom is 0.230 e. The van der Waals surface area contributed by atoms with E-state index >= 15 is 0 Å². The number of rotatable bonds is 8. The van der Waals surface area contributed by atoms with Crippen molar-refractivity contribution in [2.75, 3.05) is 32.8 Å². The molecule has 2 aliphatic heterocycles. The van der Waals surface area contributed by atoms with E-state index in [0.29, 0.717) is 24.6 Å². The Morgan fingerprint density at radius 2 is 1.63 bits per heavy atom. The first-order chi connectivity index (χ1) is 17.0. The van der Waals surface area contributed by atoms with Gasteiger partial charge in [-0.3, -0.25) is 9.59 Å². The molecule has 2 aromatic carbocycles. The molecule has 0 unspecified atom stereocenters. The number of hydrogen-bond acceptors (Lipinski definition) is 3. The van der Waals surface area contributed by atoms with E-state index < -0.39 is 5.41 Å². The summed E-state index contributed by atoms with van der Waals surface area (Å²) in [5, 5.41) is 0.660. The summed E-state index contributed by atoms with van der Waals surface area (Å²) in [6.45, 7) is 5.41. The highest BCUT2D eigenvalue weighted by atomic mass is 35.5. The highest BCUT2D eigenvalue weighted by molar-refractivity contribution is 6.30. The molecule has 0 spiro atoms. The minimum Gasteiger partial charge on any atom is -0.493 e. The maximum atomic E-state index is 13.7. The van der Waals surface area contributed by atoms with Gasteiger partial charge in [-0.05, 0) is 68.4 Å². The van der Waals surface area contributed by atoms with Crippen molar-refractivity contribution in [3.05, 3.63) is 65.2 Å². The molecule has 0 aliphatic carbocycles. The molecule has 2 aromatic rings. The Morgan fingerprint density at radius 3 is 2.31 bits per heavy atom. The summed E-state index contributed by atoms with van der Waals surface area (Å²) in [5.74, 6) is 0.911. The van der Waals surface area contributed by atoms with Crippen molar-refractivity contribution >= 4 is 23.4 Å². The van der Waals surface area contributed by atoms with E-state index in [4.69, 9.17) is 16.3 Å². The summed E-state index contributed by atoms with van der Waals surface area (Å²) < 4.78 is 6.22. The number of likely N-dealkylation sites (tertiary alicyclic amines) is 2. The fourth-order valence-corrected chi connectivity index (χ4v) is 5.64. The van der Waals surface area contributed by atoms with Gasteiger partial charge in [0.25, 0.3) is 0 Å². The molecule has 2 amide bonds. The van der Waals surface area contributed by atoms with Gasteiger partial charge in [-0.2, -0.15) is 0 Å². The van der Waals surface area contributed by atoms with E-state index in [0.717, 1.165) is 63.1 Å². The van der Waals surface area contributed by atoms with Gasteiger partial charge in [-0.15, -0.1) is 0 Å². The quantitative estimate of drug-likeness (QED) is 0.455. The van der Waals surface area contributed by atoms with Crippen molar-refractivity contribution < 1.29 is 14.3 Å². The Bertz CT molecular complexity index is 975. The Kier molecular flexibility index (Phi) is 8.72. The summed E-state index contributed by atoms with van der Waals surface area (Å²) in [5.41, 5.74) is 0.648. The molecule has 2 atom stereocenters. The van der Waals surface area contributed by atoms with Crippen LogP contribution in [0.3, 0.4) is 0 Å². The number of carbonyl (C=O) groups excluding carboxylic acids is 2. The van der Waals surface area contributed by atoms with E-state index in [9.17, 15) is 9.59 Å². The number of piperidine rings is 2. The highest BCUT2D eigenvalue weighted by Gasteiger charge is 2.42. The number of amides is 2. The molecule has 5 nitrogen and oxygen atoms in total. The van der Waals surface area contributed by atoms with Gasteiger partial charge in [0, 0.05) is 43.0 Å². The number of ether oxygens (including phenoxy) is 1. The fourth-order valence-electron chi connectivity index (χ4n) is 5.51. The average molecular weight is 497 g/mol. The normalized spacial score (nSPS) is 21.4. The van der Waals surface area contributed by atoms with Crippen LogP contribution in [0.2, 0.25) is 5.02 Å². The fraction of sp³-hybridized carbons (Fsp3) is 0.517. The van der Waals surface area contributed by atoms with Gasteiger partial charge >= 0.3 is 0 Å². The Morgan fingerprint density at radius 1 is 0.943 bits per heavy atom. The van der Waals surface area contributed by atoms with Crippen LogP contribution >= 0.6 is 11.6 Å². The molecular formula is C29H37ClN2O3. The third kappa shape index (κ3) is 6.58. The molecule has 6 heteroatoms. The van der Waals surface area contributed by atoms with Gasteiger partial charge in [0.1, 0.15) is 5.75 Å². The number of carbonyl (C=O) groups is 2. The van der Waals surface area contributed by atoms with Gasteiger partial charge in [0.05, 0.1) is 12.5 Å². The van der Waals surface area contributed by atoms with Crippen LogP contribution in [0.25, 0.3) is 0 Å². The standard InChI is InChI=1S/C29H37ClN2O3/c1-2-26(23-10-5-3-6-11-23)28(34)32-19-9-16-29(21-32,20-27(33)31-17-7-4-8-18-31)22-35-25-14-12-24(30)13-15-25/h3,5-6,10-15,26H,2,4,7-9,16-22H2,1H3/t26-,29-/m0/s1. The SMILES string of the molecule is CC[C@H](C(=O)N1CCC[C@](COc2ccc(Cl)cc2)(CC(=O)N2CCCCC2)C1)c1ccccc1. The third-order valence-electron chi connectivity index (χ3n) is 7.48. The topological polar surface area (TPSA) is 49.9 Å². The minimum absolute atomic E-state index is 0.152. The molecular weight excluding hydrogens is 460 g/mol. The molecule has 188 valence electrons. The molecule has 0 saturated carbocycles. The summed E-state index contributed by atoms with van der Waals surface area (Å²) in [6.07, 6.45) is 6.22. The number of hydrogen-bond donors (Lipinski definition) is 0. The van der Waals surface area contributed by atoms with Gasteiger partial charge in [-0.1, -0.05) is 48.9 Å². The van der Waals surface area contributed by atoms with Crippen molar-refractivity contribution in [3.8, 4) is 5.75 Å². The van der Waals surface area contributed by atoms with Gasteiger partial charge in [0.15, 0.2) is 0 Å². The van der Waals surface area contributed by atoms with E-state index in [1.165, 1.54) is 6.42 Å². The zero-order chi connectivity index (χ0) is 24.7. The molecule has 2 fully saturated rings. The number of benzene rings is 2. The van der Waals surface area contributed by atoms with E-state index in [1.54, 1.807) is 0 Å². The van der Waals surface area contributed by atoms with Crippen molar-refractivity contribution in [3.63, 3.8) is 0 Å². The second-order valence-electron chi connectivity index (χ2n) is 10.1. The molecule has 0 bridgehead atoms. The van der Waals surface area contributed by atoms with Crippen LogP contribution in [0.15, 0.2) is 54.6 Å². The van der Waals surface area contributed by atoms with Gasteiger partial charge in [-0.25, -0.2) is 0 Å². The molecule has 0 radical (unpaired) electrons. The summed E-state index contributed by atoms with van der Waals surface area (Å²) in [4.78, 5) is 31.0. The van der Waals surface area contributed by atoms with Crippen LogP contribution in [0.1, 0.15) is 63.4 Å². The van der Waals surface area contributed by atoms with E-state index in [2.05, 4.69) is 6.92 Å². The Balaban J connectivity index is 1.53. The lowest BCUT2D eigenvalue weighted by molar-refractivity contribution is -0.143. The van der Waals surface area contributed by atoms with Crippen molar-refractivity contribution in [2.24, 2.45) is 5.41 Å². The molecule has 0 N–H and O–H groups in total. The smallest absolute Gasteiger partial charge is 0.230 e. The summed E-state index contributed by atoms with van der Waals surface area (Å²) in [7, 11) is 0. The predicted octanol–water partition coefficient (Wildman–Crippen LogP) is 5.92. The lowest BCUT2D eigenvalue weighted by Crippen LogP contribution is -2.52. The van der Waals surface area contributed by atoms with Crippen molar-refractivity contribution in [1.82, 2.24) is 9.80 Å². The first-order valence-corrected chi connectivity index (χ1v) is 13.4. The molecule has 35 heavy (non-hydrogen) atoms. The van der Waals surface area contributed by atoms with Crippen LogP contribution in [0.5, 0.6) is 5.75 Å². The monoisotopic (exact) mass is 496 g/mol. The Hall–Kier alpha value is -2.53. The highest BCUT2D eigenvalue weighted by Crippen LogP contribution is 2.37. The summed E-state index contributed by atoms with van der Waals surface area (Å²) >= 11 is 6.04. The van der Waals surface area contributed by atoms with E-state index in [1.807, 2.05) is 64.4 Å². The molecule has 2 aliphatic rings. The molecule has 2 saturated heterocycles. The molecule has 4 rings (SSSR count). The van der Waals surface area contributed by atoms with Crippen molar-refractivity contribution in [1.29, 1.82) is 0 Å². The minimum atomic E-state index is -0.406. The van der Waals surface area contributed by atoms with Gasteiger partial charge < -0.3 is 14.5 Å². The van der Waals surface area contributed by atoms with Crippen molar-refractivity contribution in [2.45, 2.75) is 57.8 Å². The first-order valence-electron chi connectivity index (χ1n) is 13.0. The van der Waals surface area contributed by atoms with Gasteiger partial charge in [0.2, 0.25) is 11.8 Å². The largest absolute Gasteiger partial charge is 0.493 e. The second-order valence-corrected chi connectivity index (χ2v) is 10.5. The zero-order valence-corrected chi connectivity index (χ0v) is 21.5. The zero-order valence-electron chi connectivity index (χ0n) is 20.8. The van der Waals surface area contributed by atoms with Crippen LogP contribution in [0.4, 0.5) is 0 Å². The van der Waals surface area contributed by atoms with E-state index in [-0.39, 0.29) is 17.7 Å². The third-order valence-corrected chi connectivity index (χ3v) is 7.73. The molecule has 2 heterocycles. The van der Waals surface area contributed by atoms with Crippen LogP contribution < -0.4 is 4.74 Å². The maximum absolute atomic E-state index is 13.7. The first kappa shape index (κ1) is 25.6. The lowest BCUT2D eigenvalue weighted by atomic mass is 9.76. The average Bonchev–Trinajstić information content (AvgIpc) is 2.90. The van der Waals surface area contributed by atoms with Crippen LogP contribution in [-0.4, -0.2) is 54.4 Å². The second kappa shape index (κ2) is 11.9. The predicted molar refractivity (Wildman–Crippen MR) is 140 cm³/mol. The number of nitrogens with zero attached hydrogens (tertiary/aromatic N) is 2. The van der Waals surface area contributed by atoms with Crippen LogP contribution in [0, 0.1) is 5.41 Å². The van der Waals surface area contributed by atoms with Crippen LogP contribution in [-0.2, 0) is 9.59 Å². The summed E-state index contributed by atoms with van der Waals surface area (Å²) in [6, 6.07) is 17.4. The number of halogens is 1.